The summed E-state index contributed by atoms with van der Waals surface area (Å²) in [7, 11) is 3.19. The van der Waals surface area contributed by atoms with Gasteiger partial charge in [0.1, 0.15) is 28.8 Å². The lowest BCUT2D eigenvalue weighted by atomic mass is 9.92. The molecule has 2 amide bonds. The molecule has 65 heavy (non-hydrogen) atoms. The highest BCUT2D eigenvalue weighted by atomic mass is 16.5. The first-order valence-corrected chi connectivity index (χ1v) is 22.9. The number of carbonyl (C=O) groups is 2. The standard InChI is InChI=1S/C26H32N6O2.C23H27N5O3/c1-27-26(34)23-7-6-20(16-28-23)32-14-8-18(9-15-32)17-31-12-10-19(11-13-31)24-29-22-5-3-2-4-21(22)25(33)30-24;1-24-23(30)20-10-9-17(14-25-20)31-13-5-12-28-11-4-6-16(15-28)21-26-19-8-3-2-7-18(19)22(29)27-21/h2-7,16,18-19H,8-15,17H2,1H3,(H,27,34)(H,29,30,33);2-3,7-10,14,16H,4-6,11-13,15H2,1H3,(H,24,30)(H,26,27,29). The van der Waals surface area contributed by atoms with E-state index < -0.39 is 0 Å². The third-order valence-electron chi connectivity index (χ3n) is 12.9. The van der Waals surface area contributed by atoms with Gasteiger partial charge in [-0.2, -0.15) is 0 Å². The first-order chi connectivity index (χ1) is 31.7. The number of hydrogen-bond acceptors (Lipinski definition) is 12. The third kappa shape index (κ3) is 11.4. The Kier molecular flexibility index (Phi) is 14.9. The first kappa shape index (κ1) is 45.1. The van der Waals surface area contributed by atoms with Crippen LogP contribution in [0.3, 0.4) is 0 Å². The molecular weight excluding hydrogens is 823 g/mol. The predicted molar refractivity (Wildman–Crippen MR) is 252 cm³/mol. The Bertz CT molecular complexity index is 2660. The van der Waals surface area contributed by atoms with E-state index in [0.717, 1.165) is 126 Å². The normalized spacial score (nSPS) is 17.6. The van der Waals surface area contributed by atoms with Crippen LogP contribution in [0.1, 0.15) is 89.4 Å². The molecule has 0 saturated carbocycles. The molecule has 6 aromatic rings. The van der Waals surface area contributed by atoms with Gasteiger partial charge in [-0.3, -0.25) is 19.2 Å². The van der Waals surface area contributed by atoms with E-state index in [2.05, 4.69) is 45.3 Å². The van der Waals surface area contributed by atoms with Crippen molar-refractivity contribution in [3.05, 3.63) is 129 Å². The number of nitrogens with zero attached hydrogens (tertiary/aromatic N) is 7. The predicted octanol–water partition coefficient (Wildman–Crippen LogP) is 5.10. The minimum absolute atomic E-state index is 0.0340. The zero-order chi connectivity index (χ0) is 45.1. The number of hydrogen-bond donors (Lipinski definition) is 4. The van der Waals surface area contributed by atoms with Gasteiger partial charge in [0.15, 0.2) is 0 Å². The average Bonchev–Trinajstić information content (AvgIpc) is 3.36. The van der Waals surface area contributed by atoms with E-state index >= 15 is 0 Å². The number of para-hydroxylation sites is 2. The van der Waals surface area contributed by atoms with Crippen molar-refractivity contribution in [3.63, 3.8) is 0 Å². The van der Waals surface area contributed by atoms with Crippen LogP contribution in [-0.4, -0.2) is 125 Å². The highest BCUT2D eigenvalue weighted by molar-refractivity contribution is 5.92. The monoisotopic (exact) mass is 881 g/mol. The highest BCUT2D eigenvalue weighted by Crippen LogP contribution is 2.29. The van der Waals surface area contributed by atoms with Gasteiger partial charge in [-0.15, -0.1) is 0 Å². The minimum atomic E-state index is -0.214. The summed E-state index contributed by atoms with van der Waals surface area (Å²) in [5.41, 5.74) is 3.35. The van der Waals surface area contributed by atoms with Crippen LogP contribution in [0.15, 0.2) is 94.8 Å². The van der Waals surface area contributed by atoms with Gasteiger partial charge in [0.05, 0.1) is 46.5 Å². The Morgan fingerprint density at radius 2 is 1.28 bits per heavy atom. The first-order valence-electron chi connectivity index (χ1n) is 22.9. The van der Waals surface area contributed by atoms with Crippen LogP contribution in [0.25, 0.3) is 21.8 Å². The van der Waals surface area contributed by atoms with E-state index in [1.165, 1.54) is 0 Å². The van der Waals surface area contributed by atoms with Crippen LogP contribution < -0.4 is 31.4 Å². The van der Waals surface area contributed by atoms with Crippen LogP contribution in [0, 0.1) is 5.92 Å². The third-order valence-corrected chi connectivity index (χ3v) is 12.9. The molecule has 0 spiro atoms. The van der Waals surface area contributed by atoms with Crippen LogP contribution >= 0.6 is 0 Å². The van der Waals surface area contributed by atoms with E-state index in [1.807, 2.05) is 48.5 Å². The van der Waals surface area contributed by atoms with Crippen molar-refractivity contribution < 1.29 is 14.3 Å². The van der Waals surface area contributed by atoms with Gasteiger partial charge in [0.25, 0.3) is 22.9 Å². The number of aromatic amines is 2. The molecule has 1 unspecified atom stereocenters. The Balaban J connectivity index is 0.000000178. The molecule has 2 aromatic carbocycles. The molecule has 9 rings (SSSR count). The van der Waals surface area contributed by atoms with Gasteiger partial charge in [-0.1, -0.05) is 24.3 Å². The van der Waals surface area contributed by atoms with Crippen molar-refractivity contribution >= 4 is 39.3 Å². The number of nitrogens with one attached hydrogen (secondary N) is 4. The number of H-pyrrole nitrogens is 2. The van der Waals surface area contributed by atoms with Gasteiger partial charge in [-0.25, -0.2) is 19.9 Å². The fourth-order valence-corrected chi connectivity index (χ4v) is 9.25. The minimum Gasteiger partial charge on any atom is -0.492 e. The lowest BCUT2D eigenvalue weighted by Crippen LogP contribution is -2.41. The second-order valence-electron chi connectivity index (χ2n) is 17.2. The lowest BCUT2D eigenvalue weighted by Gasteiger charge is -2.38. The average molecular weight is 882 g/mol. The highest BCUT2D eigenvalue weighted by Gasteiger charge is 2.27. The van der Waals surface area contributed by atoms with Crippen molar-refractivity contribution in [1.82, 2.24) is 50.3 Å². The van der Waals surface area contributed by atoms with Crippen molar-refractivity contribution in [3.8, 4) is 5.75 Å². The summed E-state index contributed by atoms with van der Waals surface area (Å²) in [4.78, 5) is 79.3. The summed E-state index contributed by atoms with van der Waals surface area (Å²) in [6.45, 7) is 8.68. The molecule has 4 N–H and O–H groups in total. The van der Waals surface area contributed by atoms with E-state index in [1.54, 1.807) is 50.8 Å². The number of benzene rings is 2. The van der Waals surface area contributed by atoms with Crippen molar-refractivity contribution in [2.45, 2.75) is 56.8 Å². The molecular formula is C49H59N11O5. The zero-order valence-corrected chi connectivity index (χ0v) is 37.3. The maximum absolute atomic E-state index is 12.4. The summed E-state index contributed by atoms with van der Waals surface area (Å²) >= 11 is 0. The molecule has 1 atom stereocenters. The van der Waals surface area contributed by atoms with Gasteiger partial charge < -0.3 is 40.0 Å². The number of rotatable bonds is 12. The number of likely N-dealkylation sites (tertiary alicyclic amines) is 2. The molecule has 4 aromatic heterocycles. The SMILES string of the molecule is CNC(=O)c1ccc(N2CCC(CN3CCC(c4nc5ccccc5c(=O)[nH]4)CC3)CC2)cn1.CNC(=O)c1ccc(OCCCN2CCCC(c3nc4ccccc4c(=O)[nH]3)C2)cn1. The van der Waals surface area contributed by atoms with Crippen LogP contribution in [0.2, 0.25) is 0 Å². The fraction of sp³-hybridized carbons (Fsp3) is 0.429. The number of aromatic nitrogens is 6. The maximum atomic E-state index is 12.4. The Hall–Kier alpha value is -6.52. The Morgan fingerprint density at radius 1 is 0.677 bits per heavy atom. The van der Waals surface area contributed by atoms with Crippen molar-refractivity contribution in [1.29, 1.82) is 0 Å². The summed E-state index contributed by atoms with van der Waals surface area (Å²) in [5.74, 6) is 3.16. The van der Waals surface area contributed by atoms with Gasteiger partial charge in [-0.05, 0) is 119 Å². The van der Waals surface area contributed by atoms with E-state index in [0.29, 0.717) is 46.4 Å². The van der Waals surface area contributed by atoms with Crippen molar-refractivity contribution in [2.75, 3.05) is 78.0 Å². The molecule has 3 aliphatic rings. The molecule has 0 radical (unpaired) electrons. The number of pyridine rings is 2. The molecule has 340 valence electrons. The quantitative estimate of drug-likeness (QED) is 0.119. The molecule has 16 nitrogen and oxygen atoms in total. The molecule has 3 aliphatic heterocycles. The molecule has 3 fully saturated rings. The lowest BCUT2D eigenvalue weighted by molar-refractivity contribution is 0.0950. The Morgan fingerprint density at radius 3 is 1.86 bits per heavy atom. The smallest absolute Gasteiger partial charge is 0.269 e. The maximum Gasteiger partial charge on any atom is 0.269 e. The van der Waals surface area contributed by atoms with Crippen molar-refractivity contribution in [2.24, 2.45) is 5.92 Å². The number of anilines is 1. The molecule has 7 heterocycles. The second-order valence-corrected chi connectivity index (χ2v) is 17.2. The van der Waals surface area contributed by atoms with Gasteiger partial charge in [0, 0.05) is 58.7 Å². The largest absolute Gasteiger partial charge is 0.492 e. The van der Waals surface area contributed by atoms with E-state index in [9.17, 15) is 19.2 Å². The molecule has 0 bridgehead atoms. The van der Waals surface area contributed by atoms with Crippen LogP contribution in [0.4, 0.5) is 5.69 Å². The second kappa shape index (κ2) is 21.4. The van der Waals surface area contributed by atoms with E-state index in [-0.39, 0.29) is 28.9 Å². The summed E-state index contributed by atoms with van der Waals surface area (Å²) in [6.07, 6.45) is 10.8. The Labute approximate surface area is 378 Å². The fourth-order valence-electron chi connectivity index (χ4n) is 9.25. The van der Waals surface area contributed by atoms with Gasteiger partial charge in [0.2, 0.25) is 0 Å². The molecule has 16 heteroatoms. The topological polar surface area (TPSA) is 194 Å². The molecule has 0 aliphatic carbocycles. The van der Waals surface area contributed by atoms with E-state index in [4.69, 9.17) is 14.7 Å². The number of fused-ring (bicyclic) bond motifs is 2. The molecule has 3 saturated heterocycles. The zero-order valence-electron chi connectivity index (χ0n) is 37.3. The number of piperidine rings is 3. The van der Waals surface area contributed by atoms with Crippen LogP contribution in [0.5, 0.6) is 5.75 Å². The summed E-state index contributed by atoms with van der Waals surface area (Å²) in [5, 5.41) is 6.45. The summed E-state index contributed by atoms with van der Waals surface area (Å²) in [6, 6.07) is 22.2. The number of amides is 2. The number of carbonyl (C=O) groups excluding carboxylic acids is 2. The number of ether oxygens (including phenoxy) is 1. The van der Waals surface area contributed by atoms with Gasteiger partial charge >= 0.3 is 0 Å². The van der Waals surface area contributed by atoms with Crippen LogP contribution in [-0.2, 0) is 0 Å². The summed E-state index contributed by atoms with van der Waals surface area (Å²) < 4.78 is 5.76.